The highest BCUT2D eigenvalue weighted by Crippen LogP contribution is 2.30. The Labute approximate surface area is 168 Å². The monoisotopic (exact) mass is 381 g/mol. The number of carboxylic acid groups (broad SMARTS) is 1. The van der Waals surface area contributed by atoms with Crippen LogP contribution in [0.3, 0.4) is 0 Å². The van der Waals surface area contributed by atoms with Gasteiger partial charge in [-0.3, -0.25) is 4.79 Å². The number of piperidine rings is 1. The molecule has 1 heterocycles. The third-order valence-electron chi connectivity index (χ3n) is 5.70. The lowest BCUT2D eigenvalue weighted by atomic mass is 9.89. The Balaban J connectivity index is 1.58. The van der Waals surface area contributed by atoms with Gasteiger partial charge in [-0.05, 0) is 50.8 Å². The number of ether oxygens (including phenoxy) is 1. The number of nitrogens with zero attached hydrogens (tertiary/aromatic N) is 1. The van der Waals surface area contributed by atoms with Crippen LogP contribution in [0.2, 0.25) is 0 Å². The molecule has 0 atom stereocenters. The van der Waals surface area contributed by atoms with Crippen molar-refractivity contribution in [2.24, 2.45) is 5.41 Å². The Bertz CT molecular complexity index is 697. The number of rotatable bonds is 8. The molecule has 3 rings (SSSR count). The smallest absolute Gasteiger partial charge is 0.309 e. The molecule has 1 fully saturated rings. The predicted molar refractivity (Wildman–Crippen MR) is 111 cm³/mol. The van der Waals surface area contributed by atoms with E-state index in [1.807, 2.05) is 12.1 Å². The largest absolute Gasteiger partial charge is 0.481 e. The van der Waals surface area contributed by atoms with Crippen LogP contribution < -0.4 is 0 Å². The number of hydrogen-bond donors (Lipinski definition) is 1. The van der Waals surface area contributed by atoms with Gasteiger partial charge in [0, 0.05) is 13.1 Å². The van der Waals surface area contributed by atoms with E-state index in [0.29, 0.717) is 6.42 Å². The number of carbonyl (C=O) groups is 1. The van der Waals surface area contributed by atoms with Crippen LogP contribution in [0.15, 0.2) is 60.7 Å². The zero-order valence-corrected chi connectivity index (χ0v) is 16.9. The third kappa shape index (κ3) is 5.43. The van der Waals surface area contributed by atoms with Crippen molar-refractivity contribution in [3.63, 3.8) is 0 Å². The Morgan fingerprint density at radius 2 is 1.54 bits per heavy atom. The third-order valence-corrected chi connectivity index (χ3v) is 5.70. The van der Waals surface area contributed by atoms with Crippen molar-refractivity contribution in [1.29, 1.82) is 0 Å². The first-order chi connectivity index (χ1) is 13.5. The summed E-state index contributed by atoms with van der Waals surface area (Å²) >= 11 is 0. The van der Waals surface area contributed by atoms with Gasteiger partial charge in [-0.1, -0.05) is 60.7 Å². The van der Waals surface area contributed by atoms with Crippen LogP contribution >= 0.6 is 0 Å². The Hall–Kier alpha value is -2.17. The lowest BCUT2D eigenvalue weighted by Crippen LogP contribution is -2.40. The Morgan fingerprint density at radius 3 is 2.00 bits per heavy atom. The maximum atomic E-state index is 11.3. The Morgan fingerprint density at radius 1 is 1.04 bits per heavy atom. The molecule has 2 aromatic carbocycles. The molecule has 0 radical (unpaired) electrons. The molecule has 0 amide bonds. The SMILES string of the molecule is CC(C)(CCN1CCC(OC(c2ccccc2)c2ccccc2)CC1)C(=O)O. The molecule has 1 saturated heterocycles. The average Bonchev–Trinajstić information content (AvgIpc) is 2.72. The van der Waals surface area contributed by atoms with E-state index in [0.717, 1.165) is 32.5 Å². The molecule has 150 valence electrons. The zero-order valence-electron chi connectivity index (χ0n) is 16.9. The topological polar surface area (TPSA) is 49.8 Å². The van der Waals surface area contributed by atoms with Gasteiger partial charge in [-0.15, -0.1) is 0 Å². The highest BCUT2D eigenvalue weighted by Gasteiger charge is 2.29. The van der Waals surface area contributed by atoms with Gasteiger partial charge in [0.1, 0.15) is 6.10 Å². The van der Waals surface area contributed by atoms with E-state index in [2.05, 4.69) is 53.4 Å². The van der Waals surface area contributed by atoms with Gasteiger partial charge < -0.3 is 14.7 Å². The molecule has 4 nitrogen and oxygen atoms in total. The second-order valence-electron chi connectivity index (χ2n) is 8.32. The first-order valence-corrected chi connectivity index (χ1v) is 10.2. The van der Waals surface area contributed by atoms with Crippen molar-refractivity contribution in [2.45, 2.75) is 45.3 Å². The molecular weight excluding hydrogens is 350 g/mol. The zero-order chi connectivity index (χ0) is 20.0. The summed E-state index contributed by atoms with van der Waals surface area (Å²) in [6.45, 7) is 6.34. The summed E-state index contributed by atoms with van der Waals surface area (Å²) in [7, 11) is 0. The lowest BCUT2D eigenvalue weighted by Gasteiger charge is -2.35. The predicted octanol–water partition coefficient (Wildman–Crippen LogP) is 4.76. The van der Waals surface area contributed by atoms with E-state index < -0.39 is 11.4 Å². The molecular formula is C24H31NO3. The molecule has 1 aliphatic heterocycles. The van der Waals surface area contributed by atoms with Gasteiger partial charge in [0.15, 0.2) is 0 Å². The summed E-state index contributed by atoms with van der Waals surface area (Å²) in [5.41, 5.74) is 1.69. The van der Waals surface area contributed by atoms with Crippen LogP contribution in [-0.2, 0) is 9.53 Å². The second kappa shape index (κ2) is 9.35. The van der Waals surface area contributed by atoms with Crippen molar-refractivity contribution in [2.75, 3.05) is 19.6 Å². The number of hydrogen-bond acceptors (Lipinski definition) is 3. The maximum Gasteiger partial charge on any atom is 0.309 e. The fourth-order valence-electron chi connectivity index (χ4n) is 3.61. The highest BCUT2D eigenvalue weighted by molar-refractivity contribution is 5.73. The van der Waals surface area contributed by atoms with Gasteiger partial charge in [0.05, 0.1) is 11.5 Å². The van der Waals surface area contributed by atoms with Gasteiger partial charge in [-0.25, -0.2) is 0 Å². The summed E-state index contributed by atoms with van der Waals surface area (Å²) in [6.07, 6.45) is 2.79. The summed E-state index contributed by atoms with van der Waals surface area (Å²) in [5.74, 6) is -0.723. The molecule has 4 heteroatoms. The lowest BCUT2D eigenvalue weighted by molar-refractivity contribution is -0.147. The molecule has 0 spiro atoms. The van der Waals surface area contributed by atoms with E-state index in [1.165, 1.54) is 11.1 Å². The van der Waals surface area contributed by atoms with E-state index in [9.17, 15) is 9.90 Å². The van der Waals surface area contributed by atoms with Gasteiger partial charge >= 0.3 is 5.97 Å². The molecule has 1 N–H and O–H groups in total. The van der Waals surface area contributed by atoms with E-state index in [1.54, 1.807) is 13.8 Å². The van der Waals surface area contributed by atoms with Gasteiger partial charge in [0.2, 0.25) is 0 Å². The van der Waals surface area contributed by atoms with Gasteiger partial charge in [-0.2, -0.15) is 0 Å². The van der Waals surface area contributed by atoms with E-state index in [4.69, 9.17) is 4.74 Å². The molecule has 28 heavy (non-hydrogen) atoms. The van der Waals surface area contributed by atoms with Crippen LogP contribution in [0.5, 0.6) is 0 Å². The van der Waals surface area contributed by atoms with Crippen LogP contribution in [0.25, 0.3) is 0 Å². The molecule has 0 aliphatic carbocycles. The minimum absolute atomic E-state index is 0.0510. The van der Waals surface area contributed by atoms with Crippen LogP contribution in [0.1, 0.15) is 50.3 Å². The minimum atomic E-state index is -0.723. The van der Waals surface area contributed by atoms with Gasteiger partial charge in [0.25, 0.3) is 0 Å². The van der Waals surface area contributed by atoms with Crippen molar-refractivity contribution < 1.29 is 14.6 Å². The van der Waals surface area contributed by atoms with E-state index in [-0.39, 0.29) is 12.2 Å². The van der Waals surface area contributed by atoms with Crippen molar-refractivity contribution in [3.8, 4) is 0 Å². The Kier molecular flexibility index (Phi) is 6.87. The summed E-state index contributed by atoms with van der Waals surface area (Å²) in [5, 5.41) is 9.29. The normalized spacial score (nSPS) is 16.4. The number of likely N-dealkylation sites (tertiary alicyclic amines) is 1. The fraction of sp³-hybridized carbons (Fsp3) is 0.458. The molecule has 0 bridgehead atoms. The summed E-state index contributed by atoms with van der Waals surface area (Å²) in [4.78, 5) is 13.7. The highest BCUT2D eigenvalue weighted by atomic mass is 16.5. The molecule has 1 aliphatic rings. The molecule has 0 saturated carbocycles. The number of carboxylic acids is 1. The number of benzene rings is 2. The van der Waals surface area contributed by atoms with Crippen molar-refractivity contribution in [3.05, 3.63) is 71.8 Å². The van der Waals surface area contributed by atoms with Crippen LogP contribution in [0, 0.1) is 5.41 Å². The second-order valence-corrected chi connectivity index (χ2v) is 8.32. The van der Waals surface area contributed by atoms with Crippen LogP contribution in [0.4, 0.5) is 0 Å². The standard InChI is InChI=1S/C24H31NO3/c1-24(2,23(26)27)15-18-25-16-13-21(14-17-25)28-22(19-9-5-3-6-10-19)20-11-7-4-8-12-20/h3-12,21-22H,13-18H2,1-2H3,(H,26,27). The maximum absolute atomic E-state index is 11.3. The van der Waals surface area contributed by atoms with Crippen molar-refractivity contribution >= 4 is 5.97 Å². The molecule has 2 aromatic rings. The van der Waals surface area contributed by atoms with Crippen molar-refractivity contribution in [1.82, 2.24) is 4.90 Å². The minimum Gasteiger partial charge on any atom is -0.481 e. The van der Waals surface area contributed by atoms with E-state index >= 15 is 0 Å². The molecule has 0 unspecified atom stereocenters. The first kappa shape index (κ1) is 20.6. The summed E-state index contributed by atoms with van der Waals surface area (Å²) in [6, 6.07) is 20.8. The average molecular weight is 382 g/mol. The first-order valence-electron chi connectivity index (χ1n) is 10.2. The van der Waals surface area contributed by atoms with Crippen LogP contribution in [-0.4, -0.2) is 41.7 Å². The molecule has 0 aromatic heterocycles. The fourth-order valence-corrected chi connectivity index (χ4v) is 3.61. The number of aliphatic carboxylic acids is 1. The quantitative estimate of drug-likeness (QED) is 0.716. The summed E-state index contributed by atoms with van der Waals surface area (Å²) < 4.78 is 6.57.